The van der Waals surface area contributed by atoms with Crippen molar-refractivity contribution in [3.63, 3.8) is 0 Å². The lowest BCUT2D eigenvalue weighted by molar-refractivity contribution is 0.859. The molecule has 0 aliphatic carbocycles. The Morgan fingerprint density at radius 3 is 3.44 bits per heavy atom. The minimum Gasteiger partial charge on any atom is -0.365 e. The Morgan fingerprint density at radius 2 is 2.56 bits per heavy atom. The van der Waals surface area contributed by atoms with E-state index < -0.39 is 0 Å². The molecule has 1 N–H and O–H groups in total. The second-order valence-electron chi connectivity index (χ2n) is 1.89. The molecule has 0 saturated heterocycles. The van der Waals surface area contributed by atoms with Crippen molar-refractivity contribution in [1.82, 2.24) is 10.6 Å². The predicted octanol–water partition coefficient (Wildman–Crippen LogP) is -0.0388. The molecule has 45 valence electrons. The fraction of sp³-hybridized carbons (Fsp3) is 0.167. The number of nitrogens with zero attached hydrogens (tertiary/aromatic N) is 2. The number of allylic oxidation sites excluding steroid dienone is 1. The summed E-state index contributed by atoms with van der Waals surface area (Å²) in [5.41, 5.74) is 0.946. The van der Waals surface area contributed by atoms with Gasteiger partial charge >= 0.3 is 0 Å². The lowest BCUT2D eigenvalue weighted by atomic mass is 10.3. The smallest absolute Gasteiger partial charge is 0.154 e. The second kappa shape index (κ2) is 1.62. The van der Waals surface area contributed by atoms with E-state index in [-0.39, 0.29) is 0 Å². The molecular formula is C6H6N3. The molecular weight excluding hydrogens is 114 g/mol. The highest BCUT2D eigenvalue weighted by Crippen LogP contribution is 2.09. The minimum atomic E-state index is 0.867. The van der Waals surface area contributed by atoms with Gasteiger partial charge in [0.1, 0.15) is 12.0 Å². The summed E-state index contributed by atoms with van der Waals surface area (Å²) in [6.45, 7) is 0.867. The normalized spacial score (nSPS) is 21.3. The molecule has 0 fully saturated rings. The first kappa shape index (κ1) is 4.61. The van der Waals surface area contributed by atoms with Gasteiger partial charge in [-0.2, -0.15) is 0 Å². The molecule has 0 spiro atoms. The van der Waals surface area contributed by atoms with Crippen LogP contribution in [-0.2, 0) is 0 Å². The van der Waals surface area contributed by atoms with E-state index >= 15 is 0 Å². The third-order valence-electron chi connectivity index (χ3n) is 1.29. The molecule has 0 unspecified atom stereocenters. The van der Waals surface area contributed by atoms with Crippen LogP contribution in [0.5, 0.6) is 0 Å². The van der Waals surface area contributed by atoms with Gasteiger partial charge in [-0.05, 0) is 6.08 Å². The number of rotatable bonds is 0. The van der Waals surface area contributed by atoms with Gasteiger partial charge in [-0.25, -0.2) is 10.3 Å². The highest BCUT2D eigenvalue weighted by molar-refractivity contribution is 5.65. The van der Waals surface area contributed by atoms with Crippen LogP contribution in [0.2, 0.25) is 0 Å². The van der Waals surface area contributed by atoms with Crippen molar-refractivity contribution < 1.29 is 0 Å². The lowest BCUT2D eigenvalue weighted by Crippen LogP contribution is -2.16. The molecule has 2 rings (SSSR count). The zero-order chi connectivity index (χ0) is 6.10. The van der Waals surface area contributed by atoms with Crippen molar-refractivity contribution in [3.8, 4) is 0 Å². The van der Waals surface area contributed by atoms with Gasteiger partial charge in [0.25, 0.3) is 0 Å². The van der Waals surface area contributed by atoms with Crippen LogP contribution in [0.15, 0.2) is 28.7 Å². The summed E-state index contributed by atoms with van der Waals surface area (Å²) in [5, 5.41) is 7.08. The van der Waals surface area contributed by atoms with Gasteiger partial charge < -0.3 is 5.32 Å². The lowest BCUT2D eigenvalue weighted by Gasteiger charge is -2.05. The topological polar surface area (TPSA) is 38.5 Å². The van der Waals surface area contributed by atoms with Crippen LogP contribution in [0.25, 0.3) is 0 Å². The van der Waals surface area contributed by atoms with E-state index in [1.165, 1.54) is 0 Å². The van der Waals surface area contributed by atoms with E-state index in [0.29, 0.717) is 0 Å². The quantitative estimate of drug-likeness (QED) is 0.478. The SMILES string of the molecule is C1=CC2=C(N=C[N]2)NC1. The molecule has 3 heteroatoms. The van der Waals surface area contributed by atoms with Crippen LogP contribution >= 0.6 is 0 Å². The van der Waals surface area contributed by atoms with Gasteiger partial charge in [-0.1, -0.05) is 6.08 Å². The number of hydrogen-bond acceptors (Lipinski definition) is 2. The van der Waals surface area contributed by atoms with Crippen molar-refractivity contribution in [1.29, 1.82) is 0 Å². The minimum absolute atomic E-state index is 0.867. The highest BCUT2D eigenvalue weighted by Gasteiger charge is 2.10. The Bertz CT molecular complexity index is 212. The predicted molar refractivity (Wildman–Crippen MR) is 34.8 cm³/mol. The van der Waals surface area contributed by atoms with Gasteiger partial charge in [0.2, 0.25) is 0 Å². The number of aliphatic imine (C=N–C) groups is 1. The first-order chi connectivity index (χ1) is 4.47. The first-order valence-corrected chi connectivity index (χ1v) is 2.85. The summed E-state index contributed by atoms with van der Waals surface area (Å²) < 4.78 is 0. The molecule has 3 nitrogen and oxygen atoms in total. The van der Waals surface area contributed by atoms with E-state index in [4.69, 9.17) is 0 Å². The van der Waals surface area contributed by atoms with Crippen LogP contribution in [0.1, 0.15) is 0 Å². The molecule has 0 bridgehead atoms. The first-order valence-electron chi connectivity index (χ1n) is 2.85. The maximum absolute atomic E-state index is 4.00. The Morgan fingerprint density at radius 1 is 1.56 bits per heavy atom. The number of nitrogens with one attached hydrogen (secondary N) is 1. The zero-order valence-electron chi connectivity index (χ0n) is 4.83. The zero-order valence-corrected chi connectivity index (χ0v) is 4.83. The standard InChI is InChI=1S/C6H6N3/c1-2-5-6(7-3-1)9-4-8-5/h1-2,4,7H,3H2. The van der Waals surface area contributed by atoms with E-state index in [9.17, 15) is 0 Å². The summed E-state index contributed by atoms with van der Waals surface area (Å²) in [6.07, 6.45) is 5.56. The fourth-order valence-corrected chi connectivity index (χ4v) is 0.860. The molecule has 0 saturated carbocycles. The maximum Gasteiger partial charge on any atom is 0.154 e. The summed E-state index contributed by atoms with van der Waals surface area (Å²) in [5.74, 6) is 0.900. The fourth-order valence-electron chi connectivity index (χ4n) is 0.860. The van der Waals surface area contributed by atoms with Gasteiger partial charge in [-0.15, -0.1) is 0 Å². The molecule has 2 aliphatic rings. The number of hydrogen-bond donors (Lipinski definition) is 1. The maximum atomic E-state index is 4.00. The Hall–Kier alpha value is -1.25. The molecule has 0 aromatic carbocycles. The van der Waals surface area contributed by atoms with Crippen LogP contribution in [0.4, 0.5) is 0 Å². The van der Waals surface area contributed by atoms with Crippen molar-refractivity contribution >= 4 is 6.34 Å². The Balaban J connectivity index is 2.35. The van der Waals surface area contributed by atoms with Crippen LogP contribution < -0.4 is 10.6 Å². The number of dihydropyridines is 1. The van der Waals surface area contributed by atoms with E-state index in [0.717, 1.165) is 18.1 Å². The van der Waals surface area contributed by atoms with Crippen LogP contribution in [-0.4, -0.2) is 12.9 Å². The van der Waals surface area contributed by atoms with E-state index in [1.54, 1.807) is 6.34 Å². The monoisotopic (exact) mass is 120 g/mol. The van der Waals surface area contributed by atoms with Crippen molar-refractivity contribution in [2.45, 2.75) is 0 Å². The molecule has 9 heavy (non-hydrogen) atoms. The summed E-state index contributed by atoms with van der Waals surface area (Å²) in [4.78, 5) is 3.98. The van der Waals surface area contributed by atoms with Crippen LogP contribution in [0, 0.1) is 0 Å². The van der Waals surface area contributed by atoms with Crippen molar-refractivity contribution in [2.24, 2.45) is 4.99 Å². The van der Waals surface area contributed by atoms with Gasteiger partial charge in [0.15, 0.2) is 5.82 Å². The largest absolute Gasteiger partial charge is 0.365 e. The Labute approximate surface area is 53.2 Å². The van der Waals surface area contributed by atoms with Crippen molar-refractivity contribution in [3.05, 3.63) is 23.7 Å². The third-order valence-corrected chi connectivity index (χ3v) is 1.29. The third kappa shape index (κ3) is 0.614. The second-order valence-corrected chi connectivity index (χ2v) is 1.89. The van der Waals surface area contributed by atoms with Gasteiger partial charge in [0.05, 0.1) is 0 Å². The molecule has 2 heterocycles. The molecule has 0 atom stereocenters. The molecule has 1 radical (unpaired) electrons. The van der Waals surface area contributed by atoms with Gasteiger partial charge in [0, 0.05) is 6.54 Å². The summed E-state index contributed by atoms with van der Waals surface area (Å²) in [7, 11) is 0. The van der Waals surface area contributed by atoms with E-state index in [1.807, 2.05) is 12.2 Å². The average molecular weight is 120 g/mol. The van der Waals surface area contributed by atoms with Crippen LogP contribution in [0.3, 0.4) is 0 Å². The molecule has 2 aliphatic heterocycles. The molecule has 0 amide bonds. The summed E-state index contributed by atoms with van der Waals surface area (Å²) in [6, 6.07) is 0. The van der Waals surface area contributed by atoms with Crippen molar-refractivity contribution in [2.75, 3.05) is 6.54 Å². The average Bonchev–Trinajstić information content (AvgIpc) is 2.33. The Kier molecular flexibility index (Phi) is 0.828. The highest BCUT2D eigenvalue weighted by atomic mass is 15.1. The molecule has 0 aromatic heterocycles. The van der Waals surface area contributed by atoms with E-state index in [2.05, 4.69) is 15.6 Å². The molecule has 0 aromatic rings. The summed E-state index contributed by atoms with van der Waals surface area (Å²) >= 11 is 0. The van der Waals surface area contributed by atoms with Gasteiger partial charge in [-0.3, -0.25) is 0 Å².